The zero-order valence-corrected chi connectivity index (χ0v) is 12.3. The lowest BCUT2D eigenvalue weighted by Crippen LogP contribution is -2.17. The minimum atomic E-state index is -0.741. The molecule has 2 unspecified atom stereocenters. The summed E-state index contributed by atoms with van der Waals surface area (Å²) in [6.07, 6.45) is 0.602. The van der Waals surface area contributed by atoms with Gasteiger partial charge >= 0.3 is 5.97 Å². The SMILES string of the molecule is COc1cc(C2CC(C(=O)O)CN2)c(C)c(C)c1OC. The lowest BCUT2D eigenvalue weighted by molar-refractivity contribution is -0.141. The maximum absolute atomic E-state index is 11.1. The summed E-state index contributed by atoms with van der Waals surface area (Å²) in [7, 11) is 3.23. The Balaban J connectivity index is 2.38. The quantitative estimate of drug-likeness (QED) is 0.883. The Morgan fingerprint density at radius 1 is 1.30 bits per heavy atom. The molecule has 110 valence electrons. The summed E-state index contributed by atoms with van der Waals surface area (Å²) in [5, 5.41) is 12.4. The van der Waals surface area contributed by atoms with Crippen LogP contribution < -0.4 is 14.8 Å². The molecule has 0 bridgehead atoms. The number of nitrogens with one attached hydrogen (secondary N) is 1. The Morgan fingerprint density at radius 3 is 2.50 bits per heavy atom. The van der Waals surface area contributed by atoms with Crippen LogP contribution in [-0.2, 0) is 4.79 Å². The lowest BCUT2D eigenvalue weighted by atomic mass is 9.93. The number of hydrogen-bond donors (Lipinski definition) is 2. The van der Waals surface area contributed by atoms with Gasteiger partial charge in [-0.25, -0.2) is 0 Å². The highest BCUT2D eigenvalue weighted by molar-refractivity contribution is 5.71. The molecule has 2 rings (SSSR count). The first-order valence-corrected chi connectivity index (χ1v) is 6.67. The molecule has 5 heteroatoms. The van der Waals surface area contributed by atoms with E-state index in [1.54, 1.807) is 14.2 Å². The first-order valence-electron chi connectivity index (χ1n) is 6.67. The molecule has 5 nitrogen and oxygen atoms in total. The van der Waals surface area contributed by atoms with E-state index in [9.17, 15) is 4.79 Å². The predicted molar refractivity (Wildman–Crippen MR) is 75.5 cm³/mol. The fraction of sp³-hybridized carbons (Fsp3) is 0.533. The molecule has 2 N–H and O–H groups in total. The minimum Gasteiger partial charge on any atom is -0.493 e. The topological polar surface area (TPSA) is 67.8 Å². The maximum Gasteiger partial charge on any atom is 0.307 e. The van der Waals surface area contributed by atoms with Crippen LogP contribution in [0.5, 0.6) is 11.5 Å². The molecule has 0 saturated carbocycles. The van der Waals surface area contributed by atoms with Gasteiger partial charge in [-0.05, 0) is 43.0 Å². The van der Waals surface area contributed by atoms with Crippen molar-refractivity contribution in [1.82, 2.24) is 5.32 Å². The third-order valence-electron chi connectivity index (χ3n) is 4.13. The number of rotatable bonds is 4. The van der Waals surface area contributed by atoms with E-state index in [-0.39, 0.29) is 12.0 Å². The van der Waals surface area contributed by atoms with Crippen molar-refractivity contribution in [3.8, 4) is 11.5 Å². The van der Waals surface area contributed by atoms with Crippen molar-refractivity contribution in [1.29, 1.82) is 0 Å². The molecule has 1 aliphatic rings. The van der Waals surface area contributed by atoms with Gasteiger partial charge in [-0.2, -0.15) is 0 Å². The van der Waals surface area contributed by atoms with Gasteiger partial charge < -0.3 is 19.9 Å². The summed E-state index contributed by atoms with van der Waals surface area (Å²) in [6, 6.07) is 2.00. The molecule has 0 radical (unpaired) electrons. The monoisotopic (exact) mass is 279 g/mol. The molecule has 1 aromatic rings. The molecule has 1 heterocycles. The molecule has 0 aliphatic carbocycles. The average Bonchev–Trinajstić information content (AvgIpc) is 2.91. The molecule has 1 fully saturated rings. The van der Waals surface area contributed by atoms with E-state index in [2.05, 4.69) is 5.32 Å². The minimum absolute atomic E-state index is 0.0506. The van der Waals surface area contributed by atoms with Crippen molar-refractivity contribution in [2.24, 2.45) is 5.92 Å². The van der Waals surface area contributed by atoms with Crippen LogP contribution in [0.1, 0.15) is 29.2 Å². The first-order chi connectivity index (χ1) is 9.49. The summed E-state index contributed by atoms with van der Waals surface area (Å²) in [5.41, 5.74) is 3.23. The third-order valence-corrected chi connectivity index (χ3v) is 4.13. The van der Waals surface area contributed by atoms with E-state index in [1.165, 1.54) is 0 Å². The Labute approximate surface area is 118 Å². The van der Waals surface area contributed by atoms with E-state index in [4.69, 9.17) is 14.6 Å². The van der Waals surface area contributed by atoms with Crippen LogP contribution in [-0.4, -0.2) is 31.8 Å². The number of hydrogen-bond acceptors (Lipinski definition) is 4. The number of ether oxygens (including phenoxy) is 2. The summed E-state index contributed by atoms with van der Waals surface area (Å²) in [4.78, 5) is 11.1. The Bertz CT molecular complexity index is 527. The Hall–Kier alpha value is -1.75. The fourth-order valence-corrected chi connectivity index (χ4v) is 2.81. The molecule has 2 atom stereocenters. The van der Waals surface area contributed by atoms with Crippen LogP contribution in [0.4, 0.5) is 0 Å². The summed E-state index contributed by atoms with van der Waals surface area (Å²) >= 11 is 0. The molecule has 0 aromatic heterocycles. The van der Waals surface area contributed by atoms with Crippen LogP contribution in [0.2, 0.25) is 0 Å². The number of benzene rings is 1. The molecule has 1 aromatic carbocycles. The van der Waals surface area contributed by atoms with Crippen LogP contribution in [0.15, 0.2) is 6.07 Å². The molecule has 20 heavy (non-hydrogen) atoms. The highest BCUT2D eigenvalue weighted by Gasteiger charge is 2.32. The smallest absolute Gasteiger partial charge is 0.307 e. The van der Waals surface area contributed by atoms with Crippen LogP contribution in [0.3, 0.4) is 0 Å². The van der Waals surface area contributed by atoms with Gasteiger partial charge in [-0.15, -0.1) is 0 Å². The van der Waals surface area contributed by atoms with Crippen molar-refractivity contribution >= 4 is 5.97 Å². The molecule has 1 aliphatic heterocycles. The largest absolute Gasteiger partial charge is 0.493 e. The van der Waals surface area contributed by atoms with Crippen LogP contribution in [0.25, 0.3) is 0 Å². The number of carbonyl (C=O) groups is 1. The zero-order chi connectivity index (χ0) is 14.9. The maximum atomic E-state index is 11.1. The van der Waals surface area contributed by atoms with E-state index >= 15 is 0 Å². The van der Waals surface area contributed by atoms with E-state index in [0.717, 1.165) is 22.4 Å². The van der Waals surface area contributed by atoms with E-state index < -0.39 is 5.97 Å². The van der Waals surface area contributed by atoms with Crippen molar-refractivity contribution in [2.75, 3.05) is 20.8 Å². The summed E-state index contributed by atoms with van der Waals surface area (Å²) in [6.45, 7) is 4.53. The predicted octanol–water partition coefficient (Wildman–Crippen LogP) is 2.06. The highest BCUT2D eigenvalue weighted by atomic mass is 16.5. The van der Waals surface area contributed by atoms with Gasteiger partial charge in [0.25, 0.3) is 0 Å². The van der Waals surface area contributed by atoms with Crippen LogP contribution in [0, 0.1) is 19.8 Å². The number of carboxylic acids is 1. The second-order valence-electron chi connectivity index (χ2n) is 5.18. The summed E-state index contributed by atoms with van der Waals surface area (Å²) < 4.78 is 10.8. The Kier molecular flexibility index (Phi) is 4.18. The molecule has 0 spiro atoms. The van der Waals surface area contributed by atoms with Gasteiger partial charge in [0.2, 0.25) is 0 Å². The van der Waals surface area contributed by atoms with E-state index in [0.29, 0.717) is 18.7 Å². The van der Waals surface area contributed by atoms with Gasteiger partial charge in [0.15, 0.2) is 11.5 Å². The summed E-state index contributed by atoms with van der Waals surface area (Å²) in [5.74, 6) is 0.357. The average molecular weight is 279 g/mol. The third kappa shape index (κ3) is 2.45. The first kappa shape index (κ1) is 14.7. The van der Waals surface area contributed by atoms with Crippen molar-refractivity contribution in [3.05, 3.63) is 22.8 Å². The molecular formula is C15H21NO4. The number of aliphatic carboxylic acids is 1. The zero-order valence-electron chi connectivity index (χ0n) is 12.3. The molecule has 1 saturated heterocycles. The van der Waals surface area contributed by atoms with Gasteiger partial charge in [0.1, 0.15) is 0 Å². The van der Waals surface area contributed by atoms with Gasteiger partial charge in [-0.1, -0.05) is 0 Å². The van der Waals surface area contributed by atoms with Crippen molar-refractivity contribution in [2.45, 2.75) is 26.3 Å². The second kappa shape index (κ2) is 5.71. The molecule has 0 amide bonds. The molecular weight excluding hydrogens is 258 g/mol. The lowest BCUT2D eigenvalue weighted by Gasteiger charge is -2.20. The Morgan fingerprint density at radius 2 is 2.00 bits per heavy atom. The van der Waals surface area contributed by atoms with Crippen molar-refractivity contribution < 1.29 is 19.4 Å². The number of methoxy groups -OCH3 is 2. The standard InChI is InChI=1S/C15H21NO4/c1-8-9(2)14(20-4)13(19-3)6-11(8)12-5-10(7-16-12)15(17)18/h6,10,12,16H,5,7H2,1-4H3,(H,17,18). The fourth-order valence-electron chi connectivity index (χ4n) is 2.81. The van der Waals surface area contributed by atoms with E-state index in [1.807, 2.05) is 19.9 Å². The number of carboxylic acid groups (broad SMARTS) is 1. The highest BCUT2D eigenvalue weighted by Crippen LogP contribution is 2.39. The van der Waals surface area contributed by atoms with Gasteiger partial charge in [0.05, 0.1) is 20.1 Å². The van der Waals surface area contributed by atoms with Crippen LogP contribution >= 0.6 is 0 Å². The normalized spacial score (nSPS) is 21.8. The van der Waals surface area contributed by atoms with Gasteiger partial charge in [0, 0.05) is 12.6 Å². The van der Waals surface area contributed by atoms with Gasteiger partial charge in [-0.3, -0.25) is 4.79 Å². The van der Waals surface area contributed by atoms with Crippen molar-refractivity contribution in [3.63, 3.8) is 0 Å². The second-order valence-corrected chi connectivity index (χ2v) is 5.18.